The van der Waals surface area contributed by atoms with Gasteiger partial charge in [0.1, 0.15) is 0 Å². The van der Waals surface area contributed by atoms with Crippen molar-refractivity contribution in [2.24, 2.45) is 0 Å². The average Bonchev–Trinajstić information content (AvgIpc) is 2.68. The van der Waals surface area contributed by atoms with Gasteiger partial charge in [0, 0.05) is 0 Å². The van der Waals surface area contributed by atoms with Crippen LogP contribution in [0.1, 0.15) is 33.6 Å². The van der Waals surface area contributed by atoms with Crippen LogP contribution in [0.3, 0.4) is 0 Å². The Morgan fingerprint density at radius 3 is 1.93 bits per heavy atom. The van der Waals surface area contributed by atoms with Gasteiger partial charge in [0.2, 0.25) is 10.0 Å². The number of carbonyl (C=O) groups excluding carboxylic acids is 1. The van der Waals surface area contributed by atoms with Gasteiger partial charge in [-0.3, -0.25) is 4.57 Å². The fourth-order valence-corrected chi connectivity index (χ4v) is 6.22. The molecule has 1 rings (SSSR count). The fourth-order valence-electron chi connectivity index (χ4n) is 2.28. The second-order valence-corrected chi connectivity index (χ2v) is 9.88. The Balaban J connectivity index is 3.79. The second kappa shape index (κ2) is 10.7. The molecule has 0 unspecified atom stereocenters. The lowest BCUT2D eigenvalue weighted by Crippen LogP contribution is -2.64. The summed E-state index contributed by atoms with van der Waals surface area (Å²) in [5.74, 6) is -2.13. The van der Waals surface area contributed by atoms with Gasteiger partial charge < -0.3 is 13.8 Å². The molecular formula is C17H25F3NO7PS. The molecule has 1 N–H and O–H groups in total. The van der Waals surface area contributed by atoms with Crippen LogP contribution in [0.15, 0.2) is 35.2 Å². The molecule has 0 heterocycles. The number of hydrogen-bond acceptors (Lipinski definition) is 7. The molecule has 0 aliphatic carbocycles. The van der Waals surface area contributed by atoms with E-state index in [-0.39, 0.29) is 12.8 Å². The van der Waals surface area contributed by atoms with E-state index >= 15 is 0 Å². The fraction of sp³-hybridized carbons (Fsp3) is 0.588. The molecule has 0 spiro atoms. The standard InChI is InChI=1S/C17H25F3NO7PS/c1-4-12-27-29(23,28-13-5-2)16(17(18,19)20,15(22)26-6-3)21-30(24,25)14-10-8-7-9-11-14/h7-11,21H,4-6,12-13H2,1-3H3/t16-/m0/s1. The molecular weight excluding hydrogens is 450 g/mol. The molecule has 1 atom stereocenters. The molecule has 13 heteroatoms. The number of carbonyl (C=O) groups is 1. The number of rotatable bonds is 12. The molecule has 0 aliphatic heterocycles. The summed E-state index contributed by atoms with van der Waals surface area (Å²) < 4.78 is 97.7. The predicted octanol–water partition coefficient (Wildman–Crippen LogP) is 3.83. The van der Waals surface area contributed by atoms with Crippen LogP contribution in [0, 0.1) is 0 Å². The van der Waals surface area contributed by atoms with E-state index in [4.69, 9.17) is 9.05 Å². The number of sulfonamides is 1. The molecule has 8 nitrogen and oxygen atoms in total. The van der Waals surface area contributed by atoms with Crippen molar-refractivity contribution in [1.29, 1.82) is 0 Å². The zero-order chi connectivity index (χ0) is 23.1. The highest BCUT2D eigenvalue weighted by atomic mass is 32.2. The summed E-state index contributed by atoms with van der Waals surface area (Å²) in [5.41, 5.74) is 0. The number of nitrogens with one attached hydrogen (secondary N) is 1. The summed E-state index contributed by atoms with van der Waals surface area (Å²) in [6.07, 6.45) is -5.47. The van der Waals surface area contributed by atoms with Crippen molar-refractivity contribution >= 4 is 23.6 Å². The van der Waals surface area contributed by atoms with E-state index < -0.39 is 59.8 Å². The van der Waals surface area contributed by atoms with Gasteiger partial charge in [-0.25, -0.2) is 13.2 Å². The third-order valence-corrected chi connectivity index (χ3v) is 7.69. The molecule has 0 saturated heterocycles. The Morgan fingerprint density at radius 2 is 1.53 bits per heavy atom. The van der Waals surface area contributed by atoms with Crippen LogP contribution in [0.4, 0.5) is 13.2 Å². The van der Waals surface area contributed by atoms with E-state index in [1.54, 1.807) is 0 Å². The zero-order valence-electron chi connectivity index (χ0n) is 16.8. The van der Waals surface area contributed by atoms with Crippen LogP contribution >= 0.6 is 7.60 Å². The highest BCUT2D eigenvalue weighted by Crippen LogP contribution is 2.65. The van der Waals surface area contributed by atoms with E-state index in [0.29, 0.717) is 0 Å². The van der Waals surface area contributed by atoms with E-state index in [1.807, 2.05) is 0 Å². The van der Waals surface area contributed by atoms with Crippen LogP contribution in [-0.4, -0.2) is 45.7 Å². The molecule has 0 saturated carbocycles. The number of esters is 1. The number of benzene rings is 1. The maximum Gasteiger partial charge on any atom is 0.430 e. The van der Waals surface area contributed by atoms with E-state index in [1.165, 1.54) is 43.7 Å². The Morgan fingerprint density at radius 1 is 1.03 bits per heavy atom. The van der Waals surface area contributed by atoms with Crippen molar-refractivity contribution in [2.75, 3.05) is 19.8 Å². The molecule has 172 valence electrons. The summed E-state index contributed by atoms with van der Waals surface area (Å²) in [6.45, 7) is 2.77. The first-order valence-corrected chi connectivity index (χ1v) is 12.2. The van der Waals surface area contributed by atoms with Crippen molar-refractivity contribution < 1.29 is 44.7 Å². The SMILES string of the molecule is CCCOP(=O)(OCCC)[C@@](NS(=O)(=O)c1ccccc1)(C(=O)OCC)C(F)(F)F. The van der Waals surface area contributed by atoms with Crippen molar-refractivity contribution in [3.8, 4) is 0 Å². The van der Waals surface area contributed by atoms with Gasteiger partial charge in [-0.15, -0.1) is 0 Å². The van der Waals surface area contributed by atoms with Crippen molar-refractivity contribution in [3.63, 3.8) is 0 Å². The molecule has 0 aliphatic rings. The topological polar surface area (TPSA) is 108 Å². The van der Waals surface area contributed by atoms with Crippen molar-refractivity contribution in [1.82, 2.24) is 4.72 Å². The van der Waals surface area contributed by atoms with Crippen LogP contribution in [-0.2, 0) is 33.2 Å². The van der Waals surface area contributed by atoms with Gasteiger partial charge in [-0.2, -0.15) is 17.9 Å². The predicted molar refractivity (Wildman–Crippen MR) is 102 cm³/mol. The summed E-state index contributed by atoms with van der Waals surface area (Å²) in [4.78, 5) is 12.0. The number of ether oxygens (including phenoxy) is 1. The van der Waals surface area contributed by atoms with E-state index in [0.717, 1.165) is 12.1 Å². The Hall–Kier alpha value is -1.46. The monoisotopic (exact) mass is 475 g/mol. The lowest BCUT2D eigenvalue weighted by atomic mass is 10.3. The minimum Gasteiger partial charge on any atom is -0.464 e. The second-order valence-electron chi connectivity index (χ2n) is 6.01. The molecule has 0 bridgehead atoms. The molecule has 1 aromatic carbocycles. The first kappa shape index (κ1) is 26.6. The van der Waals surface area contributed by atoms with Crippen molar-refractivity contribution in [3.05, 3.63) is 30.3 Å². The van der Waals surface area contributed by atoms with Gasteiger partial charge in [-0.05, 0) is 31.9 Å². The van der Waals surface area contributed by atoms with E-state index in [9.17, 15) is 30.9 Å². The molecule has 0 radical (unpaired) electrons. The number of hydrogen-bond donors (Lipinski definition) is 1. The summed E-state index contributed by atoms with van der Waals surface area (Å²) in [7, 11) is -10.5. The molecule has 1 aromatic rings. The number of alkyl halides is 3. The zero-order valence-corrected chi connectivity index (χ0v) is 18.5. The highest BCUT2D eigenvalue weighted by Gasteiger charge is 2.76. The van der Waals surface area contributed by atoms with Gasteiger partial charge in [-0.1, -0.05) is 32.0 Å². The average molecular weight is 475 g/mol. The normalized spacial score (nSPS) is 14.9. The summed E-state index contributed by atoms with van der Waals surface area (Å²) in [5, 5.41) is -4.30. The maximum atomic E-state index is 14.4. The van der Waals surface area contributed by atoms with Crippen LogP contribution in [0.2, 0.25) is 0 Å². The molecule has 0 amide bonds. The van der Waals surface area contributed by atoms with Gasteiger partial charge in [0.15, 0.2) is 0 Å². The summed E-state index contributed by atoms with van der Waals surface area (Å²) >= 11 is 0. The highest BCUT2D eigenvalue weighted by molar-refractivity contribution is 7.90. The minimum absolute atomic E-state index is 0.127. The number of halogens is 3. The Kier molecular flexibility index (Phi) is 9.50. The van der Waals surface area contributed by atoms with Crippen LogP contribution < -0.4 is 4.72 Å². The maximum absolute atomic E-state index is 14.4. The quantitative estimate of drug-likeness (QED) is 0.362. The molecule has 30 heavy (non-hydrogen) atoms. The lowest BCUT2D eigenvalue weighted by Gasteiger charge is -2.38. The first-order valence-electron chi connectivity index (χ1n) is 9.14. The largest absolute Gasteiger partial charge is 0.464 e. The van der Waals surface area contributed by atoms with Crippen LogP contribution in [0.5, 0.6) is 0 Å². The van der Waals surface area contributed by atoms with Gasteiger partial charge in [0.25, 0.3) is 0 Å². The third-order valence-electron chi connectivity index (χ3n) is 3.66. The van der Waals surface area contributed by atoms with Crippen LogP contribution in [0.25, 0.3) is 0 Å². The van der Waals surface area contributed by atoms with Gasteiger partial charge in [0.05, 0.1) is 24.7 Å². The summed E-state index contributed by atoms with van der Waals surface area (Å²) in [6, 6.07) is 6.02. The first-order chi connectivity index (χ1) is 13.9. The minimum atomic E-state index is -5.72. The van der Waals surface area contributed by atoms with E-state index in [2.05, 4.69) is 4.74 Å². The lowest BCUT2D eigenvalue weighted by molar-refractivity contribution is -0.194. The third kappa shape index (κ3) is 5.61. The van der Waals surface area contributed by atoms with Gasteiger partial charge >= 0.3 is 25.0 Å². The Labute approximate surface area is 173 Å². The molecule has 0 fully saturated rings. The Bertz CT molecular complexity index is 837. The van der Waals surface area contributed by atoms with Crippen molar-refractivity contribution in [2.45, 2.75) is 50.0 Å². The molecule has 0 aromatic heterocycles. The smallest absolute Gasteiger partial charge is 0.430 e.